The summed E-state index contributed by atoms with van der Waals surface area (Å²) in [5, 5.41) is 7.10. The number of carbonyl (C=O) groups is 2. The molecule has 1 fully saturated rings. The highest BCUT2D eigenvalue weighted by Crippen LogP contribution is 2.27. The van der Waals surface area contributed by atoms with Crippen molar-refractivity contribution in [1.82, 2.24) is 15.1 Å². The molecule has 0 unspecified atom stereocenters. The molecule has 7 heteroatoms. The zero-order chi connectivity index (χ0) is 17.8. The Kier molecular flexibility index (Phi) is 5.02. The van der Waals surface area contributed by atoms with E-state index in [0.717, 1.165) is 11.4 Å². The molecule has 0 radical (unpaired) electrons. The number of anilines is 1. The third-order valence-corrected chi connectivity index (χ3v) is 4.29. The van der Waals surface area contributed by atoms with Crippen LogP contribution in [-0.4, -0.2) is 41.3 Å². The molecule has 7 nitrogen and oxygen atoms in total. The summed E-state index contributed by atoms with van der Waals surface area (Å²) in [4.78, 5) is 26.4. The largest absolute Gasteiger partial charge is 0.497 e. The third kappa shape index (κ3) is 3.99. The van der Waals surface area contributed by atoms with Gasteiger partial charge < -0.3 is 15.0 Å². The van der Waals surface area contributed by atoms with Crippen molar-refractivity contribution in [2.24, 2.45) is 5.92 Å². The van der Waals surface area contributed by atoms with Crippen molar-refractivity contribution in [2.75, 3.05) is 18.6 Å². The summed E-state index contributed by atoms with van der Waals surface area (Å²) in [6.07, 6.45) is 3.79. The molecule has 1 aliphatic rings. The first-order chi connectivity index (χ1) is 12.1. The number of nitrogens with one attached hydrogen (secondary N) is 1. The van der Waals surface area contributed by atoms with Gasteiger partial charge in [-0.3, -0.25) is 14.3 Å². The first kappa shape index (κ1) is 17.0. The fraction of sp³-hybridized carbons (Fsp3) is 0.389. The smallest absolute Gasteiger partial charge is 0.227 e. The number of methoxy groups -OCH3 is 1. The van der Waals surface area contributed by atoms with Gasteiger partial charge in [0, 0.05) is 37.1 Å². The maximum atomic E-state index is 12.5. The second-order valence-electron chi connectivity index (χ2n) is 6.24. The normalized spacial score (nSPS) is 18.2. The van der Waals surface area contributed by atoms with Gasteiger partial charge >= 0.3 is 0 Å². The number of benzene rings is 1. The lowest BCUT2D eigenvalue weighted by molar-refractivity contribution is -0.126. The van der Waals surface area contributed by atoms with Crippen molar-refractivity contribution >= 4 is 17.5 Å². The number of amides is 2. The second kappa shape index (κ2) is 7.38. The van der Waals surface area contributed by atoms with Gasteiger partial charge in [-0.2, -0.15) is 5.10 Å². The lowest BCUT2D eigenvalue weighted by Gasteiger charge is -2.19. The van der Waals surface area contributed by atoms with Crippen LogP contribution in [0.2, 0.25) is 0 Å². The quantitative estimate of drug-likeness (QED) is 0.862. The van der Waals surface area contributed by atoms with Gasteiger partial charge in [-0.05, 0) is 37.3 Å². The van der Waals surface area contributed by atoms with Crippen LogP contribution in [0.4, 0.5) is 5.69 Å². The molecule has 132 valence electrons. The molecule has 2 aromatic rings. The summed E-state index contributed by atoms with van der Waals surface area (Å²) in [7, 11) is 1.60. The topological polar surface area (TPSA) is 76.5 Å². The molecular weight excluding hydrogens is 320 g/mol. The SMILES string of the molecule is COc1ccc(N2C[C@@H](C(=O)N[C@@H](C)Cn3cccn3)CC2=O)cc1. The first-order valence-corrected chi connectivity index (χ1v) is 8.29. The van der Waals surface area contributed by atoms with Crippen molar-refractivity contribution < 1.29 is 14.3 Å². The van der Waals surface area contributed by atoms with E-state index in [1.54, 1.807) is 22.9 Å². The minimum atomic E-state index is -0.338. The zero-order valence-electron chi connectivity index (χ0n) is 14.4. The Hall–Kier alpha value is -2.83. The van der Waals surface area contributed by atoms with E-state index in [1.807, 2.05) is 43.5 Å². The van der Waals surface area contributed by atoms with Crippen molar-refractivity contribution in [1.29, 1.82) is 0 Å². The number of nitrogens with zero attached hydrogens (tertiary/aromatic N) is 3. The Balaban J connectivity index is 1.58. The average Bonchev–Trinajstić information content (AvgIpc) is 3.24. The summed E-state index contributed by atoms with van der Waals surface area (Å²) < 4.78 is 6.90. The molecule has 0 aliphatic carbocycles. The van der Waals surface area contributed by atoms with Crippen LogP contribution >= 0.6 is 0 Å². The number of rotatable bonds is 6. The van der Waals surface area contributed by atoms with Crippen LogP contribution in [0.25, 0.3) is 0 Å². The van der Waals surface area contributed by atoms with E-state index in [1.165, 1.54) is 0 Å². The van der Waals surface area contributed by atoms with Gasteiger partial charge in [-0.25, -0.2) is 0 Å². The predicted molar refractivity (Wildman–Crippen MR) is 93.3 cm³/mol. The monoisotopic (exact) mass is 342 g/mol. The van der Waals surface area contributed by atoms with Gasteiger partial charge in [-0.1, -0.05) is 0 Å². The van der Waals surface area contributed by atoms with Gasteiger partial charge in [0.15, 0.2) is 0 Å². The highest BCUT2D eigenvalue weighted by molar-refractivity contribution is 6.00. The van der Waals surface area contributed by atoms with Gasteiger partial charge in [0.1, 0.15) is 5.75 Å². The van der Waals surface area contributed by atoms with Crippen LogP contribution in [0, 0.1) is 5.92 Å². The van der Waals surface area contributed by atoms with E-state index >= 15 is 0 Å². The van der Waals surface area contributed by atoms with Crippen LogP contribution < -0.4 is 15.0 Å². The lowest BCUT2D eigenvalue weighted by Crippen LogP contribution is -2.40. The van der Waals surface area contributed by atoms with Gasteiger partial charge in [0.25, 0.3) is 0 Å². The van der Waals surface area contributed by atoms with E-state index in [4.69, 9.17) is 4.74 Å². The molecule has 0 bridgehead atoms. The third-order valence-electron chi connectivity index (χ3n) is 4.29. The number of carbonyl (C=O) groups excluding carboxylic acids is 2. The maximum Gasteiger partial charge on any atom is 0.227 e. The molecular formula is C18H22N4O3. The number of hydrogen-bond acceptors (Lipinski definition) is 4. The summed E-state index contributed by atoms with van der Waals surface area (Å²) in [5.74, 6) is 0.265. The van der Waals surface area contributed by atoms with Gasteiger partial charge in [0.2, 0.25) is 11.8 Å². The molecule has 2 atom stereocenters. The fourth-order valence-electron chi connectivity index (χ4n) is 2.99. The predicted octanol–water partition coefficient (Wildman–Crippen LogP) is 1.45. The van der Waals surface area contributed by atoms with Crippen LogP contribution in [0.5, 0.6) is 5.75 Å². The zero-order valence-corrected chi connectivity index (χ0v) is 14.4. The standard InChI is InChI=1S/C18H22N4O3/c1-13(11-21-9-3-8-19-21)20-18(24)14-10-17(23)22(12-14)15-4-6-16(25-2)7-5-15/h3-9,13-14H,10-12H2,1-2H3,(H,20,24)/t13-,14-/m0/s1. The van der Waals surface area contributed by atoms with E-state index < -0.39 is 0 Å². The molecule has 1 aliphatic heterocycles. The van der Waals surface area contributed by atoms with Crippen molar-refractivity contribution in [3.63, 3.8) is 0 Å². The highest BCUT2D eigenvalue weighted by Gasteiger charge is 2.35. The Morgan fingerprint density at radius 3 is 2.80 bits per heavy atom. The summed E-state index contributed by atoms with van der Waals surface area (Å²) >= 11 is 0. The van der Waals surface area contributed by atoms with Gasteiger partial charge in [-0.15, -0.1) is 0 Å². The van der Waals surface area contributed by atoms with Crippen molar-refractivity contribution in [3.05, 3.63) is 42.7 Å². The van der Waals surface area contributed by atoms with Crippen LogP contribution in [0.3, 0.4) is 0 Å². The molecule has 0 saturated carbocycles. The van der Waals surface area contributed by atoms with Crippen molar-refractivity contribution in [2.45, 2.75) is 25.9 Å². The van der Waals surface area contributed by atoms with E-state index in [9.17, 15) is 9.59 Å². The molecule has 2 heterocycles. The average molecular weight is 342 g/mol. The second-order valence-corrected chi connectivity index (χ2v) is 6.24. The number of aromatic nitrogens is 2. The summed E-state index contributed by atoms with van der Waals surface area (Å²) in [6, 6.07) is 9.06. The molecule has 1 N–H and O–H groups in total. The molecule has 1 saturated heterocycles. The maximum absolute atomic E-state index is 12.5. The van der Waals surface area contributed by atoms with E-state index in [0.29, 0.717) is 13.1 Å². The van der Waals surface area contributed by atoms with E-state index in [2.05, 4.69) is 10.4 Å². The molecule has 1 aromatic heterocycles. The molecule has 1 aromatic carbocycles. The molecule has 0 spiro atoms. The Labute approximate surface area is 146 Å². The molecule has 2 amide bonds. The summed E-state index contributed by atoms with van der Waals surface area (Å²) in [5.41, 5.74) is 0.783. The van der Waals surface area contributed by atoms with Crippen LogP contribution in [0.1, 0.15) is 13.3 Å². The molecule has 3 rings (SSSR count). The first-order valence-electron chi connectivity index (χ1n) is 8.29. The van der Waals surface area contributed by atoms with Crippen LogP contribution in [-0.2, 0) is 16.1 Å². The Bertz CT molecular complexity index is 727. The Morgan fingerprint density at radius 1 is 1.40 bits per heavy atom. The molecule has 25 heavy (non-hydrogen) atoms. The minimum absolute atomic E-state index is 0.0370. The minimum Gasteiger partial charge on any atom is -0.497 e. The number of hydrogen-bond donors (Lipinski definition) is 1. The summed E-state index contributed by atoms with van der Waals surface area (Å²) in [6.45, 7) is 2.92. The Morgan fingerprint density at radius 2 is 2.16 bits per heavy atom. The van der Waals surface area contributed by atoms with Crippen molar-refractivity contribution in [3.8, 4) is 5.75 Å². The van der Waals surface area contributed by atoms with Gasteiger partial charge in [0.05, 0.1) is 19.6 Å². The van der Waals surface area contributed by atoms with Crippen LogP contribution in [0.15, 0.2) is 42.7 Å². The lowest BCUT2D eigenvalue weighted by atomic mass is 10.1. The highest BCUT2D eigenvalue weighted by atomic mass is 16.5. The van der Waals surface area contributed by atoms with E-state index in [-0.39, 0.29) is 30.2 Å². The number of ether oxygens (including phenoxy) is 1. The fourth-order valence-corrected chi connectivity index (χ4v) is 2.99.